The minimum atomic E-state index is -4.71. The van der Waals surface area contributed by atoms with Gasteiger partial charge >= 0.3 is 18.4 Å². The van der Waals surface area contributed by atoms with E-state index in [0.29, 0.717) is 12.3 Å². The molecule has 4 rings (SSSR count). The monoisotopic (exact) mass is 625 g/mol. The highest BCUT2D eigenvalue weighted by Crippen LogP contribution is 2.39. The van der Waals surface area contributed by atoms with Gasteiger partial charge in [-0.15, -0.1) is 4.99 Å². The third kappa shape index (κ3) is 8.83. The molecule has 0 bridgehead atoms. The molecular formula is C29H38F3N5O7. The zero-order chi connectivity index (χ0) is 32.1. The molecular weight excluding hydrogens is 587 g/mol. The van der Waals surface area contributed by atoms with Crippen molar-refractivity contribution in [3.63, 3.8) is 0 Å². The number of aliphatic hydroxyl groups excluding tert-OH is 1. The molecule has 1 aromatic heterocycles. The van der Waals surface area contributed by atoms with Gasteiger partial charge in [-0.1, -0.05) is 37.3 Å². The van der Waals surface area contributed by atoms with E-state index in [-0.39, 0.29) is 42.6 Å². The molecule has 0 radical (unpaired) electrons. The van der Waals surface area contributed by atoms with Gasteiger partial charge in [-0.05, 0) is 64.2 Å². The number of carbonyl (C=O) groups excluding carboxylic acids is 1. The lowest BCUT2D eigenvalue weighted by Gasteiger charge is -2.26. The van der Waals surface area contributed by atoms with Gasteiger partial charge in [-0.25, -0.2) is 9.59 Å². The minimum Gasteiger partial charge on any atom is -0.493 e. The summed E-state index contributed by atoms with van der Waals surface area (Å²) in [5, 5.41) is 25.8. The third-order valence-corrected chi connectivity index (χ3v) is 7.42. The number of benzene rings is 1. The van der Waals surface area contributed by atoms with Gasteiger partial charge in [-0.2, -0.15) is 18.2 Å². The number of halogens is 3. The summed E-state index contributed by atoms with van der Waals surface area (Å²) >= 11 is 0. The van der Waals surface area contributed by atoms with Crippen LogP contribution in [0, 0.1) is 5.92 Å². The van der Waals surface area contributed by atoms with E-state index in [0.717, 1.165) is 25.3 Å². The van der Waals surface area contributed by atoms with Crippen LogP contribution in [-0.4, -0.2) is 68.3 Å². The smallest absolute Gasteiger partial charge is 0.437 e. The maximum absolute atomic E-state index is 14.0. The molecule has 12 nitrogen and oxygen atoms in total. The Morgan fingerprint density at radius 3 is 2.55 bits per heavy atom. The Hall–Kier alpha value is -3.88. The second-order valence-electron chi connectivity index (χ2n) is 12.0. The number of alkyl halides is 3. The molecule has 2 heterocycles. The first kappa shape index (κ1) is 33.0. The first-order valence-corrected chi connectivity index (χ1v) is 14.7. The fraction of sp³-hybridized carbons (Fsp3) is 0.621. The van der Waals surface area contributed by atoms with Crippen LogP contribution in [0.2, 0.25) is 0 Å². The van der Waals surface area contributed by atoms with E-state index in [1.165, 1.54) is 36.3 Å². The number of guanidine groups is 1. The van der Waals surface area contributed by atoms with E-state index in [1.54, 1.807) is 20.8 Å². The first-order valence-electron chi connectivity index (χ1n) is 14.7. The first-order chi connectivity index (χ1) is 20.7. The highest BCUT2D eigenvalue weighted by Gasteiger charge is 2.41. The van der Waals surface area contributed by atoms with Gasteiger partial charge in [0.15, 0.2) is 0 Å². The van der Waals surface area contributed by atoms with Crippen molar-refractivity contribution in [2.45, 2.75) is 96.1 Å². The van der Waals surface area contributed by atoms with Crippen LogP contribution in [0.3, 0.4) is 0 Å². The van der Waals surface area contributed by atoms with E-state index in [9.17, 15) is 33.0 Å². The number of likely N-dealkylation sites (tertiary alicyclic amines) is 1. The van der Waals surface area contributed by atoms with Gasteiger partial charge in [0.2, 0.25) is 11.8 Å². The highest BCUT2D eigenvalue weighted by molar-refractivity contribution is 5.98. The number of aliphatic hydroxyl groups is 1. The van der Waals surface area contributed by atoms with Gasteiger partial charge in [0.1, 0.15) is 17.4 Å². The van der Waals surface area contributed by atoms with Crippen molar-refractivity contribution in [3.8, 4) is 17.1 Å². The normalized spacial score (nSPS) is 20.1. The quantitative estimate of drug-likeness (QED) is 0.185. The number of carbonyl (C=O) groups is 2. The molecule has 242 valence electrons. The Bertz CT molecular complexity index is 1340. The number of aromatic nitrogens is 2. The van der Waals surface area contributed by atoms with Crippen LogP contribution in [-0.2, 0) is 10.9 Å². The molecule has 1 saturated heterocycles. The van der Waals surface area contributed by atoms with E-state index < -0.39 is 47.6 Å². The number of carboxylic acid groups (broad SMARTS) is 1. The van der Waals surface area contributed by atoms with Crippen LogP contribution in [0.15, 0.2) is 27.7 Å². The van der Waals surface area contributed by atoms with Crippen LogP contribution in [0.4, 0.5) is 22.8 Å². The number of hydrogen-bond donors (Lipinski definition) is 3. The third-order valence-electron chi connectivity index (χ3n) is 7.42. The number of hydrogen-bond acceptors (Lipinski definition) is 8. The standard InChI is InChI=1S/C29H38F3N5O7/c1-28(2,3)43-27(41)35-25(34-26(39)40)37-14-13-20(38)22(37)24-33-23(36-44-24)18-11-12-21(19(16-18)29(30,31)32)42-15-7-10-17-8-5-4-6-9-17/h11-12,16-17,20,22,38H,4-10,13-15H2,1-3H3,(H,39,40)(H,34,35,41)/t20-,22-/m0/s1. The molecule has 2 amide bonds. The fourth-order valence-electron chi connectivity index (χ4n) is 5.46. The molecule has 1 aromatic carbocycles. The topological polar surface area (TPSA) is 160 Å². The minimum absolute atomic E-state index is 0.00720. The average molecular weight is 626 g/mol. The van der Waals surface area contributed by atoms with Gasteiger partial charge in [-0.3, -0.25) is 5.32 Å². The molecule has 44 heavy (non-hydrogen) atoms. The molecule has 15 heteroatoms. The van der Waals surface area contributed by atoms with Crippen LogP contribution >= 0.6 is 0 Å². The molecule has 2 aromatic rings. The molecule has 3 N–H and O–H groups in total. The van der Waals surface area contributed by atoms with Crippen molar-refractivity contribution in [2.75, 3.05) is 13.2 Å². The SMILES string of the molecule is CC(C)(C)OC(=O)N=C(NC(=O)O)N1CC[C@H](O)[C@H]1c1nc(-c2ccc(OCCCC3CCCCC3)c(C(F)(F)F)c2)no1. The predicted octanol–water partition coefficient (Wildman–Crippen LogP) is 6.16. The summed E-state index contributed by atoms with van der Waals surface area (Å²) in [5.74, 6) is -0.555. The van der Waals surface area contributed by atoms with Crippen LogP contribution in [0.5, 0.6) is 5.75 Å². The number of aliphatic imine (C=N–C) groups is 1. The van der Waals surface area contributed by atoms with Crippen molar-refractivity contribution in [1.82, 2.24) is 20.4 Å². The maximum atomic E-state index is 14.0. The Labute approximate surface area is 252 Å². The fourth-order valence-corrected chi connectivity index (χ4v) is 5.46. The Morgan fingerprint density at radius 2 is 1.89 bits per heavy atom. The lowest BCUT2D eigenvalue weighted by molar-refractivity contribution is -0.138. The van der Waals surface area contributed by atoms with Crippen LogP contribution in [0.1, 0.15) is 89.6 Å². The number of nitrogens with zero attached hydrogens (tertiary/aromatic N) is 4. The van der Waals surface area contributed by atoms with Gasteiger partial charge in [0, 0.05) is 12.1 Å². The Kier molecular flexibility index (Phi) is 10.4. The molecule has 1 saturated carbocycles. The number of ether oxygens (including phenoxy) is 2. The van der Waals surface area contributed by atoms with Gasteiger partial charge in [0.05, 0.1) is 18.3 Å². The van der Waals surface area contributed by atoms with Crippen molar-refractivity contribution in [2.24, 2.45) is 10.9 Å². The zero-order valence-corrected chi connectivity index (χ0v) is 24.9. The lowest BCUT2D eigenvalue weighted by atomic mass is 9.86. The molecule has 2 fully saturated rings. The van der Waals surface area contributed by atoms with Crippen LogP contribution in [0.25, 0.3) is 11.4 Å². The van der Waals surface area contributed by atoms with Gasteiger partial charge < -0.3 is 29.1 Å². The van der Waals surface area contributed by atoms with Crippen molar-refractivity contribution < 1.29 is 47.0 Å². The summed E-state index contributed by atoms with van der Waals surface area (Å²) in [6, 6.07) is 2.31. The molecule has 0 unspecified atom stereocenters. The number of rotatable bonds is 7. The predicted molar refractivity (Wildman–Crippen MR) is 151 cm³/mol. The molecule has 0 spiro atoms. The number of amides is 2. The maximum Gasteiger partial charge on any atom is 0.437 e. The van der Waals surface area contributed by atoms with Crippen molar-refractivity contribution in [1.29, 1.82) is 0 Å². The summed E-state index contributed by atoms with van der Waals surface area (Å²) in [6.45, 7) is 5.02. The van der Waals surface area contributed by atoms with Crippen LogP contribution < -0.4 is 10.1 Å². The average Bonchev–Trinajstić information content (AvgIpc) is 3.56. The lowest BCUT2D eigenvalue weighted by Crippen LogP contribution is -2.45. The van der Waals surface area contributed by atoms with E-state index in [1.807, 2.05) is 5.32 Å². The van der Waals surface area contributed by atoms with Gasteiger partial charge in [0.25, 0.3) is 5.89 Å². The molecule has 1 aliphatic heterocycles. The molecule has 1 aliphatic carbocycles. The summed E-state index contributed by atoms with van der Waals surface area (Å²) in [6.07, 6.45) is -0.858. The summed E-state index contributed by atoms with van der Waals surface area (Å²) in [5.41, 5.74) is -1.91. The second-order valence-corrected chi connectivity index (χ2v) is 12.0. The largest absolute Gasteiger partial charge is 0.493 e. The second kappa shape index (κ2) is 13.8. The summed E-state index contributed by atoms with van der Waals surface area (Å²) in [7, 11) is 0. The Morgan fingerprint density at radius 1 is 1.16 bits per heavy atom. The van der Waals surface area contributed by atoms with E-state index in [2.05, 4.69) is 15.1 Å². The molecule has 2 aliphatic rings. The van der Waals surface area contributed by atoms with Crippen molar-refractivity contribution >= 4 is 18.1 Å². The zero-order valence-electron chi connectivity index (χ0n) is 24.9. The highest BCUT2D eigenvalue weighted by atomic mass is 19.4. The van der Waals surface area contributed by atoms with Crippen molar-refractivity contribution in [3.05, 3.63) is 29.7 Å². The number of nitrogens with one attached hydrogen (secondary N) is 1. The van der Waals surface area contributed by atoms with E-state index >= 15 is 0 Å². The van der Waals surface area contributed by atoms with E-state index in [4.69, 9.17) is 14.0 Å². The summed E-state index contributed by atoms with van der Waals surface area (Å²) in [4.78, 5) is 33.0. The summed E-state index contributed by atoms with van der Waals surface area (Å²) < 4.78 is 58.0. The molecule has 2 atom stereocenters. The Balaban J connectivity index is 1.53.